The zero-order valence-corrected chi connectivity index (χ0v) is 13.8. The summed E-state index contributed by atoms with van der Waals surface area (Å²) < 4.78 is 5.18. The lowest BCUT2D eigenvalue weighted by Crippen LogP contribution is -2.41. The van der Waals surface area contributed by atoms with Gasteiger partial charge in [0.1, 0.15) is 0 Å². The van der Waals surface area contributed by atoms with E-state index in [0.29, 0.717) is 24.7 Å². The molecule has 2 aromatic heterocycles. The fourth-order valence-electron chi connectivity index (χ4n) is 2.11. The molecule has 7 heteroatoms. The normalized spacial score (nSPS) is 12.6. The average Bonchev–Trinajstić information content (AvgIpc) is 3.11. The molecule has 0 aliphatic carbocycles. The van der Waals surface area contributed by atoms with Gasteiger partial charge in [-0.2, -0.15) is 16.3 Å². The molecule has 0 saturated heterocycles. The smallest absolute Gasteiger partial charge is 0.227 e. The molecule has 2 heterocycles. The largest absolute Gasteiger partial charge is 0.392 e. The standard InChI is InChI=1S/C15H21N3O3S/c1-10(2)18(8-11(3)19)14(20)5-4-13-16-15(17-21-13)12-6-7-22-9-12/h6-7,9-11,19H,4-5,8H2,1-3H3. The molecule has 120 valence electrons. The first-order valence-corrected chi connectivity index (χ1v) is 8.24. The van der Waals surface area contributed by atoms with Crippen LogP contribution in [0.4, 0.5) is 0 Å². The molecular formula is C15H21N3O3S. The Morgan fingerprint density at radius 2 is 2.23 bits per heavy atom. The summed E-state index contributed by atoms with van der Waals surface area (Å²) in [5.41, 5.74) is 0.921. The van der Waals surface area contributed by atoms with Crippen LogP contribution in [0.15, 0.2) is 21.3 Å². The summed E-state index contributed by atoms with van der Waals surface area (Å²) in [7, 11) is 0. The minimum atomic E-state index is -0.542. The van der Waals surface area contributed by atoms with Gasteiger partial charge >= 0.3 is 0 Å². The van der Waals surface area contributed by atoms with Crippen LogP contribution >= 0.6 is 11.3 Å². The zero-order chi connectivity index (χ0) is 16.1. The molecule has 2 rings (SSSR count). The summed E-state index contributed by atoms with van der Waals surface area (Å²) in [5.74, 6) is 0.981. The number of hydrogen-bond acceptors (Lipinski definition) is 6. The monoisotopic (exact) mass is 323 g/mol. The van der Waals surface area contributed by atoms with E-state index >= 15 is 0 Å². The van der Waals surface area contributed by atoms with Crippen molar-refractivity contribution in [2.75, 3.05) is 6.54 Å². The van der Waals surface area contributed by atoms with E-state index in [1.54, 1.807) is 23.2 Å². The van der Waals surface area contributed by atoms with Gasteiger partial charge in [0.15, 0.2) is 0 Å². The summed E-state index contributed by atoms with van der Waals surface area (Å²) >= 11 is 1.57. The van der Waals surface area contributed by atoms with E-state index in [9.17, 15) is 9.90 Å². The molecule has 0 saturated carbocycles. The lowest BCUT2D eigenvalue weighted by atomic mass is 10.2. The van der Waals surface area contributed by atoms with Gasteiger partial charge in [-0.1, -0.05) is 5.16 Å². The number of aliphatic hydroxyl groups excluding tert-OH is 1. The van der Waals surface area contributed by atoms with Crippen molar-refractivity contribution in [3.8, 4) is 11.4 Å². The van der Waals surface area contributed by atoms with Gasteiger partial charge in [-0.25, -0.2) is 0 Å². The van der Waals surface area contributed by atoms with E-state index in [0.717, 1.165) is 5.56 Å². The minimum absolute atomic E-state index is 0.0221. The lowest BCUT2D eigenvalue weighted by molar-refractivity contribution is -0.134. The SMILES string of the molecule is CC(O)CN(C(=O)CCc1nc(-c2ccsc2)no1)C(C)C. The molecule has 22 heavy (non-hydrogen) atoms. The molecule has 0 aliphatic rings. The first kappa shape index (κ1) is 16.6. The van der Waals surface area contributed by atoms with Crippen LogP contribution in [-0.4, -0.2) is 44.7 Å². The van der Waals surface area contributed by atoms with Crippen LogP contribution in [0.5, 0.6) is 0 Å². The number of rotatable bonds is 7. The van der Waals surface area contributed by atoms with Crippen molar-refractivity contribution in [1.29, 1.82) is 0 Å². The fourth-order valence-corrected chi connectivity index (χ4v) is 2.74. The van der Waals surface area contributed by atoms with Gasteiger partial charge in [0.25, 0.3) is 0 Å². The van der Waals surface area contributed by atoms with Gasteiger partial charge in [-0.15, -0.1) is 0 Å². The number of aliphatic hydroxyl groups is 1. The Kier molecular flexibility index (Phi) is 5.68. The summed E-state index contributed by atoms with van der Waals surface area (Å²) in [6.07, 6.45) is 0.148. The molecule has 0 fully saturated rings. The lowest BCUT2D eigenvalue weighted by Gasteiger charge is -2.27. The van der Waals surface area contributed by atoms with E-state index in [1.807, 2.05) is 30.7 Å². The quantitative estimate of drug-likeness (QED) is 0.846. The highest BCUT2D eigenvalue weighted by molar-refractivity contribution is 7.08. The first-order valence-electron chi connectivity index (χ1n) is 7.30. The van der Waals surface area contributed by atoms with Crippen molar-refractivity contribution in [1.82, 2.24) is 15.0 Å². The molecule has 0 bridgehead atoms. The molecule has 0 radical (unpaired) electrons. The Morgan fingerprint density at radius 3 is 2.82 bits per heavy atom. The molecular weight excluding hydrogens is 302 g/mol. The van der Waals surface area contributed by atoms with Crippen molar-refractivity contribution in [3.05, 3.63) is 22.7 Å². The maximum Gasteiger partial charge on any atom is 0.227 e. The molecule has 0 aliphatic heterocycles. The molecule has 1 amide bonds. The highest BCUT2D eigenvalue weighted by Gasteiger charge is 2.19. The van der Waals surface area contributed by atoms with E-state index in [1.165, 1.54) is 0 Å². The number of carbonyl (C=O) groups is 1. The maximum absolute atomic E-state index is 12.3. The van der Waals surface area contributed by atoms with Gasteiger partial charge in [0.05, 0.1) is 6.10 Å². The van der Waals surface area contributed by atoms with Crippen LogP contribution < -0.4 is 0 Å². The molecule has 0 spiro atoms. The summed E-state index contributed by atoms with van der Waals surface area (Å²) in [5, 5.41) is 17.3. The third kappa shape index (κ3) is 4.38. The van der Waals surface area contributed by atoms with Gasteiger partial charge in [0, 0.05) is 36.4 Å². The Hall–Kier alpha value is -1.73. The molecule has 1 N–H and O–H groups in total. The summed E-state index contributed by atoms with van der Waals surface area (Å²) in [6.45, 7) is 5.87. The van der Waals surface area contributed by atoms with E-state index in [-0.39, 0.29) is 18.4 Å². The molecule has 1 unspecified atom stereocenters. The maximum atomic E-state index is 12.3. The van der Waals surface area contributed by atoms with Gasteiger partial charge < -0.3 is 14.5 Å². The number of nitrogens with zero attached hydrogens (tertiary/aromatic N) is 3. The molecule has 0 aromatic carbocycles. The van der Waals surface area contributed by atoms with Crippen molar-refractivity contribution in [2.45, 2.75) is 45.8 Å². The second kappa shape index (κ2) is 7.51. The predicted octanol–water partition coefficient (Wildman–Crippen LogP) is 2.35. The van der Waals surface area contributed by atoms with Crippen LogP contribution in [0.1, 0.15) is 33.1 Å². The Labute approximate surface area is 133 Å². The molecule has 6 nitrogen and oxygen atoms in total. The van der Waals surface area contributed by atoms with Crippen molar-refractivity contribution < 1.29 is 14.4 Å². The van der Waals surface area contributed by atoms with E-state index in [4.69, 9.17) is 4.52 Å². The van der Waals surface area contributed by atoms with Crippen LogP contribution in [-0.2, 0) is 11.2 Å². The average molecular weight is 323 g/mol. The third-order valence-electron chi connectivity index (χ3n) is 3.20. The Morgan fingerprint density at radius 1 is 1.45 bits per heavy atom. The van der Waals surface area contributed by atoms with E-state index in [2.05, 4.69) is 10.1 Å². The molecule has 2 aromatic rings. The third-order valence-corrected chi connectivity index (χ3v) is 3.89. The topological polar surface area (TPSA) is 79.5 Å². The van der Waals surface area contributed by atoms with Crippen molar-refractivity contribution in [2.24, 2.45) is 0 Å². The number of hydrogen-bond donors (Lipinski definition) is 1. The van der Waals surface area contributed by atoms with Crippen molar-refractivity contribution >= 4 is 17.2 Å². The fraction of sp³-hybridized carbons (Fsp3) is 0.533. The van der Waals surface area contributed by atoms with Crippen LogP contribution in [0, 0.1) is 0 Å². The number of aromatic nitrogens is 2. The van der Waals surface area contributed by atoms with Crippen molar-refractivity contribution in [3.63, 3.8) is 0 Å². The van der Waals surface area contributed by atoms with Gasteiger partial charge in [-0.05, 0) is 32.2 Å². The number of amides is 1. The van der Waals surface area contributed by atoms with E-state index < -0.39 is 6.10 Å². The van der Waals surface area contributed by atoms with Crippen LogP contribution in [0.3, 0.4) is 0 Å². The van der Waals surface area contributed by atoms with Gasteiger partial charge in [-0.3, -0.25) is 4.79 Å². The molecule has 1 atom stereocenters. The van der Waals surface area contributed by atoms with Crippen LogP contribution in [0.2, 0.25) is 0 Å². The predicted molar refractivity (Wildman–Crippen MR) is 84.5 cm³/mol. The summed E-state index contributed by atoms with van der Waals surface area (Å²) in [6, 6.07) is 1.97. The highest BCUT2D eigenvalue weighted by Crippen LogP contribution is 2.19. The zero-order valence-electron chi connectivity index (χ0n) is 13.0. The van der Waals surface area contributed by atoms with Gasteiger partial charge in [0.2, 0.25) is 17.6 Å². The number of carbonyl (C=O) groups excluding carboxylic acids is 1. The number of thiophene rings is 1. The second-order valence-corrected chi connectivity index (χ2v) is 6.29. The minimum Gasteiger partial charge on any atom is -0.392 e. The number of aryl methyl sites for hydroxylation is 1. The highest BCUT2D eigenvalue weighted by atomic mass is 32.1. The second-order valence-electron chi connectivity index (χ2n) is 5.51. The first-order chi connectivity index (χ1) is 10.5. The summed E-state index contributed by atoms with van der Waals surface area (Å²) in [4.78, 5) is 18.2. The Bertz CT molecular complexity index is 593. The Balaban J connectivity index is 1.93. The van der Waals surface area contributed by atoms with Crippen LogP contribution in [0.25, 0.3) is 11.4 Å².